The van der Waals surface area contributed by atoms with Gasteiger partial charge in [-0.2, -0.15) is 5.26 Å². The molecule has 3 aromatic rings. The maximum absolute atomic E-state index is 11.6. The summed E-state index contributed by atoms with van der Waals surface area (Å²) in [5.74, 6) is 0.353. The van der Waals surface area contributed by atoms with Gasteiger partial charge in [-0.1, -0.05) is 36.4 Å². The second-order valence-electron chi connectivity index (χ2n) is 9.94. The number of hydrogen-bond acceptors (Lipinski definition) is 6. The van der Waals surface area contributed by atoms with Gasteiger partial charge in [0, 0.05) is 37.6 Å². The summed E-state index contributed by atoms with van der Waals surface area (Å²) < 4.78 is 5.55. The zero-order chi connectivity index (χ0) is 24.7. The number of aromatic amines is 1. The van der Waals surface area contributed by atoms with Crippen molar-refractivity contribution >= 4 is 0 Å². The van der Waals surface area contributed by atoms with Gasteiger partial charge in [0.2, 0.25) is 0 Å². The van der Waals surface area contributed by atoms with Crippen molar-refractivity contribution in [3.63, 3.8) is 0 Å². The van der Waals surface area contributed by atoms with Gasteiger partial charge in [-0.05, 0) is 66.8 Å². The topological polar surface area (TPSA) is 88.4 Å². The summed E-state index contributed by atoms with van der Waals surface area (Å²) in [5.41, 5.74) is 5.58. The Bertz CT molecular complexity index is 1140. The summed E-state index contributed by atoms with van der Waals surface area (Å²) in [4.78, 5) is 11.7. The molecule has 36 heavy (non-hydrogen) atoms. The summed E-state index contributed by atoms with van der Waals surface area (Å²) in [5, 5.41) is 21.2. The Kier molecular flexibility index (Phi) is 8.09. The third kappa shape index (κ3) is 5.85. The Labute approximate surface area is 213 Å². The fourth-order valence-corrected chi connectivity index (χ4v) is 5.74. The highest BCUT2D eigenvalue weighted by Crippen LogP contribution is 2.37. The largest absolute Gasteiger partial charge is 0.379 e. The number of hydrogen-bond donors (Lipinski definition) is 2. The van der Waals surface area contributed by atoms with Crippen LogP contribution in [0.5, 0.6) is 0 Å². The Hall–Kier alpha value is -3.02. The molecule has 188 valence electrons. The fourth-order valence-electron chi connectivity index (χ4n) is 5.74. The number of nitrogens with zero attached hydrogens (tertiary/aromatic N) is 4. The lowest BCUT2D eigenvalue weighted by Crippen LogP contribution is -2.55. The van der Waals surface area contributed by atoms with Crippen molar-refractivity contribution in [1.29, 1.82) is 5.26 Å². The highest BCUT2D eigenvalue weighted by Gasteiger charge is 2.35. The number of fused-ring (bicyclic) bond motifs is 1. The van der Waals surface area contributed by atoms with Gasteiger partial charge in [-0.3, -0.25) is 9.80 Å². The average Bonchev–Trinajstić information content (AvgIpc) is 3.40. The number of ether oxygens (including phenoxy) is 1. The maximum atomic E-state index is 11.6. The fraction of sp³-hybridized carbons (Fsp3) is 0.448. The Balaban J connectivity index is 1.45. The van der Waals surface area contributed by atoms with Gasteiger partial charge in [-0.25, -0.2) is 4.98 Å². The number of H-pyrrole nitrogens is 1. The van der Waals surface area contributed by atoms with Gasteiger partial charge in [0.25, 0.3) is 0 Å². The minimum absolute atomic E-state index is 0.167. The van der Waals surface area contributed by atoms with Gasteiger partial charge < -0.3 is 14.8 Å². The van der Waals surface area contributed by atoms with Crippen LogP contribution in [0.25, 0.3) is 0 Å². The highest BCUT2D eigenvalue weighted by molar-refractivity contribution is 5.41. The van der Waals surface area contributed by atoms with Crippen LogP contribution in [0.2, 0.25) is 0 Å². The third-order valence-electron chi connectivity index (χ3n) is 7.63. The number of nitriles is 1. The van der Waals surface area contributed by atoms with Crippen molar-refractivity contribution in [3.05, 3.63) is 89.0 Å². The van der Waals surface area contributed by atoms with Gasteiger partial charge >= 0.3 is 0 Å². The van der Waals surface area contributed by atoms with Crippen LogP contribution < -0.4 is 0 Å². The van der Waals surface area contributed by atoms with Crippen LogP contribution in [0.3, 0.4) is 0 Å². The van der Waals surface area contributed by atoms with E-state index < -0.39 is 6.35 Å². The van der Waals surface area contributed by atoms with Crippen LogP contribution in [0, 0.1) is 11.3 Å². The second kappa shape index (κ2) is 11.8. The monoisotopic (exact) mass is 485 g/mol. The van der Waals surface area contributed by atoms with Crippen molar-refractivity contribution in [2.45, 2.75) is 57.0 Å². The summed E-state index contributed by atoms with van der Waals surface area (Å²) in [6.07, 6.45) is 7.84. The maximum Gasteiger partial charge on any atom is 0.166 e. The first kappa shape index (κ1) is 24.7. The summed E-state index contributed by atoms with van der Waals surface area (Å²) in [6.45, 7) is 3.33. The van der Waals surface area contributed by atoms with E-state index in [1.54, 1.807) is 6.33 Å². The Morgan fingerprint density at radius 2 is 2.00 bits per heavy atom. The summed E-state index contributed by atoms with van der Waals surface area (Å²) >= 11 is 0. The lowest BCUT2D eigenvalue weighted by atomic mass is 9.84. The van der Waals surface area contributed by atoms with Crippen molar-refractivity contribution < 1.29 is 9.84 Å². The van der Waals surface area contributed by atoms with Crippen LogP contribution >= 0.6 is 0 Å². The number of rotatable bonds is 8. The Morgan fingerprint density at radius 1 is 1.17 bits per heavy atom. The van der Waals surface area contributed by atoms with Crippen LogP contribution in [0.1, 0.15) is 53.1 Å². The summed E-state index contributed by atoms with van der Waals surface area (Å²) in [6, 6.07) is 19.2. The molecule has 2 aromatic carbocycles. The van der Waals surface area contributed by atoms with E-state index in [1.807, 2.05) is 18.3 Å². The first-order valence-electron chi connectivity index (χ1n) is 13.0. The first-order valence-corrected chi connectivity index (χ1v) is 13.0. The molecule has 0 aliphatic carbocycles. The molecule has 1 saturated heterocycles. The molecule has 0 spiro atoms. The zero-order valence-electron chi connectivity index (χ0n) is 20.7. The number of morpholine rings is 1. The van der Waals surface area contributed by atoms with E-state index in [2.05, 4.69) is 62.2 Å². The second-order valence-corrected chi connectivity index (χ2v) is 9.94. The summed E-state index contributed by atoms with van der Waals surface area (Å²) in [7, 11) is 0. The van der Waals surface area contributed by atoms with Gasteiger partial charge in [-0.15, -0.1) is 0 Å². The van der Waals surface area contributed by atoms with Gasteiger partial charge in [0.05, 0.1) is 31.2 Å². The molecule has 0 radical (unpaired) electrons. The SMILES string of the molecule is N#Cc1ccc2c(c1)CN(C(O)N1CCOCC1)[C@H](Cc1ccccc1)CC2CCCc1cnc[nH]1. The predicted octanol–water partition coefficient (Wildman–Crippen LogP) is 3.81. The molecule has 0 bridgehead atoms. The Morgan fingerprint density at radius 3 is 2.75 bits per heavy atom. The van der Waals surface area contributed by atoms with E-state index in [4.69, 9.17) is 4.74 Å². The van der Waals surface area contributed by atoms with Crippen LogP contribution in [-0.2, 0) is 24.1 Å². The molecular formula is C29H35N5O2. The molecule has 2 aliphatic heterocycles. The van der Waals surface area contributed by atoms with Crippen LogP contribution in [0.15, 0.2) is 61.1 Å². The van der Waals surface area contributed by atoms with E-state index in [9.17, 15) is 10.4 Å². The molecule has 7 heteroatoms. The molecule has 1 aromatic heterocycles. The van der Waals surface area contributed by atoms with Crippen molar-refractivity contribution in [3.8, 4) is 6.07 Å². The molecule has 1 fully saturated rings. The predicted molar refractivity (Wildman–Crippen MR) is 138 cm³/mol. The quantitative estimate of drug-likeness (QED) is 0.504. The number of aliphatic hydroxyl groups excluding tert-OH is 1. The van der Waals surface area contributed by atoms with Gasteiger partial charge in [0.1, 0.15) is 0 Å². The van der Waals surface area contributed by atoms with Gasteiger partial charge in [0.15, 0.2) is 6.35 Å². The molecule has 3 atom stereocenters. The average molecular weight is 486 g/mol. The van der Waals surface area contributed by atoms with E-state index in [0.29, 0.717) is 44.3 Å². The van der Waals surface area contributed by atoms with E-state index >= 15 is 0 Å². The molecule has 0 saturated carbocycles. The molecule has 2 aliphatic rings. The van der Waals surface area contributed by atoms with Crippen molar-refractivity contribution in [1.82, 2.24) is 19.8 Å². The lowest BCUT2D eigenvalue weighted by molar-refractivity contribution is -0.157. The molecule has 2 N–H and O–H groups in total. The first-order chi connectivity index (χ1) is 17.7. The highest BCUT2D eigenvalue weighted by atomic mass is 16.5. The lowest BCUT2D eigenvalue weighted by Gasteiger charge is -2.41. The molecule has 2 unspecified atom stereocenters. The molecule has 5 rings (SSSR count). The van der Waals surface area contributed by atoms with E-state index in [0.717, 1.165) is 43.4 Å². The van der Waals surface area contributed by atoms with Crippen LogP contribution in [-0.4, -0.2) is 63.6 Å². The molecular weight excluding hydrogens is 450 g/mol. The number of aliphatic hydroxyl groups is 1. The number of aromatic nitrogens is 2. The standard InChI is InChI=1S/C29H35N5O2/c30-18-23-9-10-28-24(7-4-8-26-19-31-21-32-26)17-27(16-22-5-2-1-3-6-22)34(20-25(28)15-23)29(35)33-11-13-36-14-12-33/h1-3,5-6,9-10,15,19,21,24,27,29,35H,4,7-8,11-14,16-17,20H2,(H,31,32)/t24?,27-,29?/m1/s1. The number of benzene rings is 2. The van der Waals surface area contributed by atoms with E-state index in [1.165, 1.54) is 11.1 Å². The van der Waals surface area contributed by atoms with E-state index in [-0.39, 0.29) is 6.04 Å². The normalized spacial score (nSPS) is 21.9. The molecule has 3 heterocycles. The minimum Gasteiger partial charge on any atom is -0.379 e. The number of aryl methyl sites for hydroxylation is 1. The number of imidazole rings is 1. The minimum atomic E-state index is -0.690. The smallest absolute Gasteiger partial charge is 0.166 e. The zero-order valence-corrected chi connectivity index (χ0v) is 20.7. The molecule has 0 amide bonds. The molecule has 7 nitrogen and oxygen atoms in total. The van der Waals surface area contributed by atoms with Crippen molar-refractivity contribution in [2.75, 3.05) is 26.3 Å². The third-order valence-corrected chi connectivity index (χ3v) is 7.63. The number of nitrogens with one attached hydrogen (secondary N) is 1. The van der Waals surface area contributed by atoms with Crippen LogP contribution in [0.4, 0.5) is 0 Å². The van der Waals surface area contributed by atoms with Crippen molar-refractivity contribution in [2.24, 2.45) is 0 Å².